The molecule has 2 amide bonds. The second kappa shape index (κ2) is 8.86. The van der Waals surface area contributed by atoms with Crippen molar-refractivity contribution in [3.05, 3.63) is 23.4 Å². The number of rotatable bonds is 5. The Morgan fingerprint density at radius 3 is 2.61 bits per heavy atom. The highest BCUT2D eigenvalue weighted by atomic mass is 32.1. The first-order valence-electron chi connectivity index (χ1n) is 10.1. The molecule has 0 bridgehead atoms. The number of carbonyl (C=O) groups excluding carboxylic acids is 2. The van der Waals surface area contributed by atoms with Crippen LogP contribution in [0.5, 0.6) is 0 Å². The fourth-order valence-corrected chi connectivity index (χ4v) is 4.63. The van der Waals surface area contributed by atoms with Gasteiger partial charge in [0, 0.05) is 44.9 Å². The van der Waals surface area contributed by atoms with E-state index in [1.54, 1.807) is 11.3 Å². The Balaban J connectivity index is 1.22. The van der Waals surface area contributed by atoms with Crippen molar-refractivity contribution >= 4 is 23.2 Å². The van der Waals surface area contributed by atoms with Crippen LogP contribution in [-0.2, 0) is 16.0 Å². The predicted octanol–water partition coefficient (Wildman–Crippen LogP) is 2.98. The van der Waals surface area contributed by atoms with Gasteiger partial charge in [-0.2, -0.15) is 4.98 Å². The molecule has 2 aromatic rings. The molecular weight excluding hydrogens is 376 g/mol. The van der Waals surface area contributed by atoms with Gasteiger partial charge in [0.2, 0.25) is 23.5 Å². The van der Waals surface area contributed by atoms with Crippen molar-refractivity contribution < 1.29 is 14.1 Å². The van der Waals surface area contributed by atoms with Crippen LogP contribution in [0.15, 0.2) is 22.0 Å². The van der Waals surface area contributed by atoms with Crippen molar-refractivity contribution in [1.82, 2.24) is 19.9 Å². The molecule has 8 heteroatoms. The molecule has 0 saturated carbocycles. The normalized spacial score (nSPS) is 18.4. The molecule has 150 valence electrons. The lowest BCUT2D eigenvalue weighted by atomic mass is 9.94. The number of nitrogens with zero attached hydrogens (tertiary/aromatic N) is 4. The van der Waals surface area contributed by atoms with Gasteiger partial charge in [0.15, 0.2) is 0 Å². The van der Waals surface area contributed by atoms with Crippen LogP contribution in [0.1, 0.15) is 44.4 Å². The molecular formula is C20H26N4O3S. The number of aromatic nitrogens is 2. The fourth-order valence-electron chi connectivity index (χ4n) is 3.98. The summed E-state index contributed by atoms with van der Waals surface area (Å²) in [6.45, 7) is 3.12. The van der Waals surface area contributed by atoms with Crippen molar-refractivity contribution in [2.24, 2.45) is 5.92 Å². The van der Waals surface area contributed by atoms with E-state index in [1.807, 2.05) is 27.3 Å². The third-order valence-corrected chi connectivity index (χ3v) is 6.49. The summed E-state index contributed by atoms with van der Waals surface area (Å²) in [5.74, 6) is 1.53. The van der Waals surface area contributed by atoms with Gasteiger partial charge >= 0.3 is 0 Å². The second-order valence-electron chi connectivity index (χ2n) is 7.53. The van der Waals surface area contributed by atoms with Crippen molar-refractivity contribution in [1.29, 1.82) is 0 Å². The number of likely N-dealkylation sites (tertiary alicyclic amines) is 2. The van der Waals surface area contributed by atoms with E-state index in [4.69, 9.17) is 4.52 Å². The minimum Gasteiger partial charge on any atom is -0.343 e. The standard InChI is InChI=1S/C20H26N4O3S/c25-18(7-6-17-21-19(22-27-17)16-5-4-14-28-16)23-12-8-15(9-13-23)20(26)24-10-2-1-3-11-24/h4-5,14-15H,1-3,6-13H2. The summed E-state index contributed by atoms with van der Waals surface area (Å²) < 4.78 is 5.27. The number of carbonyl (C=O) groups is 2. The SMILES string of the molecule is O=C(CCc1nc(-c2cccs2)no1)N1CCC(C(=O)N2CCCCC2)CC1. The molecule has 0 N–H and O–H groups in total. The van der Waals surface area contributed by atoms with Gasteiger partial charge in [0.25, 0.3) is 0 Å². The van der Waals surface area contributed by atoms with Crippen LogP contribution in [0.4, 0.5) is 0 Å². The highest BCUT2D eigenvalue weighted by molar-refractivity contribution is 7.13. The van der Waals surface area contributed by atoms with Gasteiger partial charge in [-0.05, 0) is 43.6 Å². The lowest BCUT2D eigenvalue weighted by Gasteiger charge is -2.35. The topological polar surface area (TPSA) is 79.5 Å². The molecule has 0 spiro atoms. The molecule has 0 aliphatic carbocycles. The summed E-state index contributed by atoms with van der Waals surface area (Å²) >= 11 is 1.56. The lowest BCUT2D eigenvalue weighted by molar-refractivity contribution is -0.141. The van der Waals surface area contributed by atoms with Gasteiger partial charge in [-0.25, -0.2) is 0 Å². The molecule has 2 aliphatic rings. The molecule has 0 atom stereocenters. The zero-order valence-corrected chi connectivity index (χ0v) is 16.8. The first kappa shape index (κ1) is 19.1. The van der Waals surface area contributed by atoms with Crippen LogP contribution in [0.3, 0.4) is 0 Å². The molecule has 28 heavy (non-hydrogen) atoms. The van der Waals surface area contributed by atoms with Gasteiger partial charge in [-0.3, -0.25) is 9.59 Å². The van der Waals surface area contributed by atoms with Gasteiger partial charge in [-0.15, -0.1) is 11.3 Å². The second-order valence-corrected chi connectivity index (χ2v) is 8.48. The van der Waals surface area contributed by atoms with Crippen LogP contribution >= 0.6 is 11.3 Å². The average molecular weight is 403 g/mol. The third-order valence-electron chi connectivity index (χ3n) is 5.63. The van der Waals surface area contributed by atoms with E-state index >= 15 is 0 Å². The van der Waals surface area contributed by atoms with Crippen LogP contribution in [0, 0.1) is 5.92 Å². The lowest BCUT2D eigenvalue weighted by Crippen LogP contribution is -2.45. The van der Waals surface area contributed by atoms with E-state index in [1.165, 1.54) is 6.42 Å². The summed E-state index contributed by atoms with van der Waals surface area (Å²) in [5, 5.41) is 5.95. The molecule has 0 aromatic carbocycles. The van der Waals surface area contributed by atoms with E-state index in [0.717, 1.165) is 43.6 Å². The zero-order valence-electron chi connectivity index (χ0n) is 16.0. The Morgan fingerprint density at radius 1 is 1.11 bits per heavy atom. The quantitative estimate of drug-likeness (QED) is 0.768. The Hall–Kier alpha value is -2.22. The smallest absolute Gasteiger partial charge is 0.227 e. The minimum atomic E-state index is 0.0754. The van der Waals surface area contributed by atoms with E-state index in [0.29, 0.717) is 43.6 Å². The summed E-state index contributed by atoms with van der Waals surface area (Å²) in [7, 11) is 0. The number of aryl methyl sites for hydroxylation is 1. The Kier molecular flexibility index (Phi) is 6.04. The van der Waals surface area contributed by atoms with E-state index in [-0.39, 0.29) is 11.8 Å². The largest absolute Gasteiger partial charge is 0.343 e. The highest BCUT2D eigenvalue weighted by Crippen LogP contribution is 2.23. The van der Waals surface area contributed by atoms with Crippen LogP contribution < -0.4 is 0 Å². The maximum atomic E-state index is 12.6. The third kappa shape index (κ3) is 4.43. The van der Waals surface area contributed by atoms with E-state index < -0.39 is 0 Å². The molecule has 4 rings (SSSR count). The maximum Gasteiger partial charge on any atom is 0.227 e. The van der Waals surface area contributed by atoms with E-state index in [2.05, 4.69) is 10.1 Å². The fraction of sp³-hybridized carbons (Fsp3) is 0.600. The van der Waals surface area contributed by atoms with Gasteiger partial charge in [0.1, 0.15) is 0 Å². The van der Waals surface area contributed by atoms with Crippen molar-refractivity contribution in [3.63, 3.8) is 0 Å². The van der Waals surface area contributed by atoms with Crippen molar-refractivity contribution in [2.45, 2.75) is 44.9 Å². The number of thiophene rings is 1. The van der Waals surface area contributed by atoms with Gasteiger partial charge in [-0.1, -0.05) is 11.2 Å². The van der Waals surface area contributed by atoms with Crippen LogP contribution in [-0.4, -0.2) is 57.9 Å². The number of piperidine rings is 2. The van der Waals surface area contributed by atoms with Gasteiger partial charge in [0.05, 0.1) is 4.88 Å². The minimum absolute atomic E-state index is 0.0754. The number of amides is 2. The molecule has 2 aromatic heterocycles. The molecule has 2 fully saturated rings. The maximum absolute atomic E-state index is 12.6. The number of hydrogen-bond acceptors (Lipinski definition) is 6. The monoisotopic (exact) mass is 402 g/mol. The first-order chi connectivity index (χ1) is 13.7. The van der Waals surface area contributed by atoms with Crippen LogP contribution in [0.2, 0.25) is 0 Å². The van der Waals surface area contributed by atoms with E-state index in [9.17, 15) is 9.59 Å². The molecule has 2 aliphatic heterocycles. The Labute approximate surface area is 168 Å². The Bertz CT molecular complexity index is 790. The van der Waals surface area contributed by atoms with Crippen molar-refractivity contribution in [2.75, 3.05) is 26.2 Å². The molecule has 0 radical (unpaired) electrons. The highest BCUT2D eigenvalue weighted by Gasteiger charge is 2.30. The summed E-state index contributed by atoms with van der Waals surface area (Å²) in [4.78, 5) is 34.4. The first-order valence-corrected chi connectivity index (χ1v) is 11.0. The number of hydrogen-bond donors (Lipinski definition) is 0. The molecule has 7 nitrogen and oxygen atoms in total. The molecule has 0 unspecified atom stereocenters. The molecule has 4 heterocycles. The zero-order chi connectivity index (χ0) is 19.3. The molecule has 2 saturated heterocycles. The van der Waals surface area contributed by atoms with Gasteiger partial charge < -0.3 is 14.3 Å². The summed E-state index contributed by atoms with van der Waals surface area (Å²) in [5.41, 5.74) is 0. The summed E-state index contributed by atoms with van der Waals surface area (Å²) in [6.07, 6.45) is 5.81. The summed E-state index contributed by atoms with van der Waals surface area (Å²) in [6, 6.07) is 3.89. The Morgan fingerprint density at radius 2 is 1.89 bits per heavy atom. The predicted molar refractivity (Wildman–Crippen MR) is 106 cm³/mol. The van der Waals surface area contributed by atoms with Crippen molar-refractivity contribution in [3.8, 4) is 10.7 Å². The van der Waals surface area contributed by atoms with Crippen LogP contribution in [0.25, 0.3) is 10.7 Å². The average Bonchev–Trinajstić information content (AvgIpc) is 3.44.